The number of hydrogen-bond donors (Lipinski definition) is 1. The van der Waals surface area contributed by atoms with Crippen LogP contribution in [0.25, 0.3) is 0 Å². The summed E-state index contributed by atoms with van der Waals surface area (Å²) in [4.78, 5) is 14.2. The van der Waals surface area contributed by atoms with Crippen LogP contribution >= 0.6 is 0 Å². The van der Waals surface area contributed by atoms with Crippen molar-refractivity contribution < 1.29 is 13.6 Å². The molecule has 2 atom stereocenters. The van der Waals surface area contributed by atoms with E-state index in [0.29, 0.717) is 12.5 Å². The smallest absolute Gasteiger partial charge is 0.250 e. The Morgan fingerprint density at radius 2 is 1.95 bits per heavy atom. The summed E-state index contributed by atoms with van der Waals surface area (Å²) in [6, 6.07) is -0.00365. The maximum Gasteiger partial charge on any atom is 0.250 e. The number of nitrogens with zero attached hydrogens (tertiary/aromatic N) is 1. The van der Waals surface area contributed by atoms with Crippen LogP contribution in [0, 0.1) is 11.8 Å². The van der Waals surface area contributed by atoms with Gasteiger partial charge in [0.15, 0.2) is 0 Å². The molecule has 1 N–H and O–H groups in total. The first-order valence-electron chi connectivity index (χ1n) is 7.28. The van der Waals surface area contributed by atoms with Crippen LogP contribution in [0.3, 0.4) is 0 Å². The third-order valence-electron chi connectivity index (χ3n) is 3.87. The molecule has 0 bridgehead atoms. The lowest BCUT2D eigenvalue weighted by Crippen LogP contribution is -2.52. The highest BCUT2D eigenvalue weighted by atomic mass is 19.3. The van der Waals surface area contributed by atoms with E-state index < -0.39 is 6.43 Å². The Labute approximate surface area is 114 Å². The number of hydrogen-bond acceptors (Lipinski definition) is 2. The highest BCUT2D eigenvalue weighted by Gasteiger charge is 2.30. The maximum absolute atomic E-state index is 12.3. The van der Waals surface area contributed by atoms with Gasteiger partial charge in [-0.1, -0.05) is 20.8 Å². The van der Waals surface area contributed by atoms with Gasteiger partial charge in [0.2, 0.25) is 5.91 Å². The van der Waals surface area contributed by atoms with Crippen molar-refractivity contribution in [2.24, 2.45) is 11.8 Å². The van der Waals surface area contributed by atoms with E-state index in [0.717, 1.165) is 25.8 Å². The number of likely N-dealkylation sites (tertiary alicyclic amines) is 1. The zero-order valence-electron chi connectivity index (χ0n) is 12.2. The average Bonchev–Trinajstić information content (AvgIpc) is 2.37. The fourth-order valence-corrected chi connectivity index (χ4v) is 2.83. The standard InChI is InChI=1S/C14H26F2N2O/c1-4-11(5-2)14(19)18-8-10(3)6-12(9-18)17-7-13(15)16/h10-13,17H,4-9H2,1-3H3. The molecule has 2 unspecified atom stereocenters. The summed E-state index contributed by atoms with van der Waals surface area (Å²) in [7, 11) is 0. The van der Waals surface area contributed by atoms with Gasteiger partial charge in [-0.05, 0) is 25.2 Å². The molecule has 1 aliphatic rings. The van der Waals surface area contributed by atoms with E-state index >= 15 is 0 Å². The van der Waals surface area contributed by atoms with E-state index in [2.05, 4.69) is 12.2 Å². The first kappa shape index (κ1) is 16.3. The molecule has 112 valence electrons. The van der Waals surface area contributed by atoms with Crippen molar-refractivity contribution in [1.82, 2.24) is 10.2 Å². The Bertz CT molecular complexity index is 283. The number of carbonyl (C=O) groups is 1. The SMILES string of the molecule is CCC(CC)C(=O)N1CC(C)CC(NCC(F)F)C1. The predicted molar refractivity (Wildman–Crippen MR) is 72.2 cm³/mol. The quantitative estimate of drug-likeness (QED) is 0.808. The molecule has 0 aromatic heterocycles. The molecule has 1 amide bonds. The van der Waals surface area contributed by atoms with Crippen LogP contribution in [-0.2, 0) is 4.79 Å². The molecule has 1 saturated heterocycles. The summed E-state index contributed by atoms with van der Waals surface area (Å²) >= 11 is 0. The lowest BCUT2D eigenvalue weighted by Gasteiger charge is -2.38. The van der Waals surface area contributed by atoms with Crippen LogP contribution in [0.1, 0.15) is 40.0 Å². The minimum atomic E-state index is -2.33. The topological polar surface area (TPSA) is 32.3 Å². The second-order valence-electron chi connectivity index (χ2n) is 5.59. The molecule has 0 aliphatic carbocycles. The van der Waals surface area contributed by atoms with E-state index in [1.807, 2.05) is 18.7 Å². The normalized spacial score (nSPS) is 24.3. The molecule has 1 fully saturated rings. The minimum Gasteiger partial charge on any atom is -0.341 e. The van der Waals surface area contributed by atoms with Gasteiger partial charge in [0.05, 0.1) is 6.54 Å². The van der Waals surface area contributed by atoms with Crippen molar-refractivity contribution in [3.05, 3.63) is 0 Å². The van der Waals surface area contributed by atoms with E-state index in [1.54, 1.807) is 0 Å². The molecule has 0 spiro atoms. The number of piperidine rings is 1. The number of rotatable bonds is 6. The van der Waals surface area contributed by atoms with E-state index in [4.69, 9.17) is 0 Å². The van der Waals surface area contributed by atoms with Crippen LogP contribution in [-0.4, -0.2) is 42.9 Å². The van der Waals surface area contributed by atoms with Gasteiger partial charge in [-0.3, -0.25) is 4.79 Å². The van der Waals surface area contributed by atoms with Gasteiger partial charge in [0.1, 0.15) is 0 Å². The Kier molecular flexibility index (Phi) is 6.69. The van der Waals surface area contributed by atoms with Crippen LogP contribution in [0.5, 0.6) is 0 Å². The summed E-state index contributed by atoms with van der Waals surface area (Å²) in [6.07, 6.45) is 0.213. The zero-order chi connectivity index (χ0) is 14.4. The molecule has 1 aliphatic heterocycles. The lowest BCUT2D eigenvalue weighted by molar-refractivity contribution is -0.138. The van der Waals surface area contributed by atoms with Crippen LogP contribution in [0.15, 0.2) is 0 Å². The van der Waals surface area contributed by atoms with Gasteiger partial charge in [-0.25, -0.2) is 8.78 Å². The second kappa shape index (κ2) is 7.78. The summed E-state index contributed by atoms with van der Waals surface area (Å²) < 4.78 is 24.5. The average molecular weight is 276 g/mol. The summed E-state index contributed by atoms with van der Waals surface area (Å²) in [5.74, 6) is 0.615. The maximum atomic E-state index is 12.3. The molecule has 3 nitrogen and oxygen atoms in total. The van der Waals surface area contributed by atoms with Crippen LogP contribution in [0.2, 0.25) is 0 Å². The van der Waals surface area contributed by atoms with Gasteiger partial charge in [0, 0.05) is 25.0 Å². The predicted octanol–water partition coefficient (Wildman–Crippen LogP) is 2.51. The Balaban J connectivity index is 2.56. The summed E-state index contributed by atoms with van der Waals surface area (Å²) in [5, 5.41) is 2.87. The van der Waals surface area contributed by atoms with Crippen LogP contribution < -0.4 is 5.32 Å². The largest absolute Gasteiger partial charge is 0.341 e. The van der Waals surface area contributed by atoms with Gasteiger partial charge in [-0.2, -0.15) is 0 Å². The highest BCUT2D eigenvalue weighted by molar-refractivity contribution is 5.78. The van der Waals surface area contributed by atoms with Gasteiger partial charge < -0.3 is 10.2 Å². The molecule has 0 radical (unpaired) electrons. The van der Waals surface area contributed by atoms with Gasteiger partial charge in [0.25, 0.3) is 6.43 Å². The van der Waals surface area contributed by atoms with Gasteiger partial charge >= 0.3 is 0 Å². The molecule has 19 heavy (non-hydrogen) atoms. The summed E-state index contributed by atoms with van der Waals surface area (Å²) in [5.41, 5.74) is 0. The molecule has 1 heterocycles. The molecular formula is C14H26F2N2O. The number of nitrogens with one attached hydrogen (secondary N) is 1. The minimum absolute atomic E-state index is 0.00365. The molecular weight excluding hydrogens is 250 g/mol. The third-order valence-corrected chi connectivity index (χ3v) is 3.87. The molecule has 0 aromatic rings. The molecule has 5 heteroatoms. The highest BCUT2D eigenvalue weighted by Crippen LogP contribution is 2.20. The van der Waals surface area contributed by atoms with E-state index in [-0.39, 0.29) is 24.4 Å². The van der Waals surface area contributed by atoms with Crippen molar-refractivity contribution in [3.8, 4) is 0 Å². The molecule has 0 aromatic carbocycles. The number of alkyl halides is 2. The van der Waals surface area contributed by atoms with Crippen LogP contribution in [0.4, 0.5) is 8.78 Å². The first-order valence-corrected chi connectivity index (χ1v) is 7.28. The van der Waals surface area contributed by atoms with Crippen molar-refractivity contribution in [2.45, 2.75) is 52.5 Å². The molecule has 1 rings (SSSR count). The van der Waals surface area contributed by atoms with Crippen molar-refractivity contribution in [2.75, 3.05) is 19.6 Å². The van der Waals surface area contributed by atoms with Crippen molar-refractivity contribution in [1.29, 1.82) is 0 Å². The van der Waals surface area contributed by atoms with Crippen molar-refractivity contribution >= 4 is 5.91 Å². The lowest BCUT2D eigenvalue weighted by atomic mass is 9.93. The van der Waals surface area contributed by atoms with Crippen molar-refractivity contribution in [3.63, 3.8) is 0 Å². The number of halogens is 2. The zero-order valence-corrected chi connectivity index (χ0v) is 12.2. The fourth-order valence-electron chi connectivity index (χ4n) is 2.83. The molecule has 0 saturated carbocycles. The third kappa shape index (κ3) is 5.05. The summed E-state index contributed by atoms with van der Waals surface area (Å²) in [6.45, 7) is 7.14. The van der Waals surface area contributed by atoms with Gasteiger partial charge in [-0.15, -0.1) is 0 Å². The van der Waals surface area contributed by atoms with E-state index in [1.165, 1.54) is 0 Å². The Hall–Kier alpha value is -0.710. The Morgan fingerprint density at radius 3 is 2.47 bits per heavy atom. The number of amides is 1. The van der Waals surface area contributed by atoms with E-state index in [9.17, 15) is 13.6 Å². The second-order valence-corrected chi connectivity index (χ2v) is 5.59. The first-order chi connectivity index (χ1) is 8.97. The Morgan fingerprint density at radius 1 is 1.32 bits per heavy atom. The number of carbonyl (C=O) groups excluding carboxylic acids is 1. The monoisotopic (exact) mass is 276 g/mol. The fraction of sp³-hybridized carbons (Fsp3) is 0.929.